The molecule has 1 fully saturated rings. The largest absolute Gasteiger partial charge is 0.383 e. The van der Waals surface area contributed by atoms with Crippen molar-refractivity contribution >= 4 is 17.5 Å². The van der Waals surface area contributed by atoms with Crippen LogP contribution < -0.4 is 10.6 Å². The maximum Gasteiger partial charge on any atom is 0.254 e. The zero-order chi connectivity index (χ0) is 17.4. The van der Waals surface area contributed by atoms with E-state index < -0.39 is 0 Å². The molecule has 24 heavy (non-hydrogen) atoms. The summed E-state index contributed by atoms with van der Waals surface area (Å²) in [5.41, 5.74) is 1.36. The van der Waals surface area contributed by atoms with E-state index in [0.717, 1.165) is 19.4 Å². The minimum absolute atomic E-state index is 0.0707. The second-order valence-electron chi connectivity index (χ2n) is 6.14. The highest BCUT2D eigenvalue weighted by atomic mass is 16.5. The Bertz CT molecular complexity index is 545. The van der Waals surface area contributed by atoms with Crippen LogP contribution in [-0.4, -0.2) is 56.1 Å². The first-order valence-corrected chi connectivity index (χ1v) is 8.52. The van der Waals surface area contributed by atoms with Crippen LogP contribution in [0.4, 0.5) is 5.69 Å². The highest BCUT2D eigenvalue weighted by Gasteiger charge is 2.23. The smallest absolute Gasteiger partial charge is 0.254 e. The molecule has 6 nitrogen and oxygen atoms in total. The van der Waals surface area contributed by atoms with Crippen molar-refractivity contribution in [1.29, 1.82) is 0 Å². The van der Waals surface area contributed by atoms with Crippen LogP contribution in [0.25, 0.3) is 0 Å². The summed E-state index contributed by atoms with van der Waals surface area (Å²) in [6.07, 6.45) is 3.32. The summed E-state index contributed by atoms with van der Waals surface area (Å²) in [6, 6.07) is 7.39. The Balaban J connectivity index is 1.86. The molecule has 1 aromatic rings. The first kappa shape index (κ1) is 18.4. The second-order valence-corrected chi connectivity index (χ2v) is 6.14. The van der Waals surface area contributed by atoms with E-state index in [1.54, 1.807) is 31.4 Å². The molecule has 0 aliphatic carbocycles. The van der Waals surface area contributed by atoms with Crippen LogP contribution in [0.15, 0.2) is 24.3 Å². The summed E-state index contributed by atoms with van der Waals surface area (Å²) < 4.78 is 4.90. The highest BCUT2D eigenvalue weighted by molar-refractivity contribution is 5.96. The van der Waals surface area contributed by atoms with Crippen LogP contribution in [0.3, 0.4) is 0 Å². The van der Waals surface area contributed by atoms with Crippen LogP contribution in [-0.2, 0) is 9.53 Å². The van der Waals surface area contributed by atoms with Gasteiger partial charge in [-0.25, -0.2) is 0 Å². The lowest BCUT2D eigenvalue weighted by atomic mass is 10.0. The van der Waals surface area contributed by atoms with Gasteiger partial charge in [-0.05, 0) is 50.5 Å². The zero-order valence-corrected chi connectivity index (χ0v) is 14.5. The molecule has 1 atom stereocenters. The lowest BCUT2D eigenvalue weighted by molar-refractivity contribution is -0.115. The van der Waals surface area contributed by atoms with E-state index in [1.165, 1.54) is 6.42 Å². The molecule has 1 aromatic carbocycles. The van der Waals surface area contributed by atoms with Crippen LogP contribution in [0.1, 0.15) is 36.5 Å². The third-order valence-corrected chi connectivity index (χ3v) is 4.25. The number of hydrogen-bond donors (Lipinski definition) is 2. The normalized spacial score (nSPS) is 17.6. The van der Waals surface area contributed by atoms with Crippen LogP contribution in [0.2, 0.25) is 0 Å². The number of benzene rings is 1. The Labute approximate surface area is 143 Å². The molecule has 0 aromatic heterocycles. The van der Waals surface area contributed by atoms with Gasteiger partial charge in [0.1, 0.15) is 0 Å². The van der Waals surface area contributed by atoms with Crippen molar-refractivity contribution in [2.24, 2.45) is 0 Å². The Morgan fingerprint density at radius 1 is 1.25 bits per heavy atom. The summed E-state index contributed by atoms with van der Waals surface area (Å²) in [7, 11) is 1.62. The summed E-state index contributed by atoms with van der Waals surface area (Å²) in [5.74, 6) is -0.0452. The Hall–Kier alpha value is -1.92. The van der Waals surface area contributed by atoms with Crippen molar-refractivity contribution in [1.82, 2.24) is 10.2 Å². The summed E-state index contributed by atoms with van der Waals surface area (Å²) in [5, 5.41) is 5.79. The van der Waals surface area contributed by atoms with E-state index in [-0.39, 0.29) is 18.4 Å². The molecule has 1 aliphatic heterocycles. The summed E-state index contributed by atoms with van der Waals surface area (Å²) in [6.45, 7) is 4.35. The molecule has 6 heteroatoms. The standard InChI is InChI=1S/C18H27N3O3/c1-14-5-3-4-11-21(14)18(23)15-6-8-16(9-7-15)20-17(22)13-19-10-12-24-2/h6-9,14,19H,3-5,10-13H2,1-2H3,(H,20,22). The van der Waals surface area contributed by atoms with Crippen molar-refractivity contribution in [3.63, 3.8) is 0 Å². The minimum Gasteiger partial charge on any atom is -0.383 e. The molecule has 0 bridgehead atoms. The molecule has 2 amide bonds. The molecule has 1 unspecified atom stereocenters. The number of anilines is 1. The van der Waals surface area contributed by atoms with E-state index in [9.17, 15) is 9.59 Å². The number of amides is 2. The van der Waals surface area contributed by atoms with Crippen LogP contribution >= 0.6 is 0 Å². The van der Waals surface area contributed by atoms with Gasteiger partial charge in [-0.3, -0.25) is 9.59 Å². The Morgan fingerprint density at radius 3 is 2.67 bits per heavy atom. The fraction of sp³-hybridized carbons (Fsp3) is 0.556. The monoisotopic (exact) mass is 333 g/mol. The van der Waals surface area contributed by atoms with Crippen molar-refractivity contribution in [2.45, 2.75) is 32.2 Å². The van der Waals surface area contributed by atoms with Crippen molar-refractivity contribution < 1.29 is 14.3 Å². The van der Waals surface area contributed by atoms with Gasteiger partial charge in [0.15, 0.2) is 0 Å². The van der Waals surface area contributed by atoms with Gasteiger partial charge in [-0.2, -0.15) is 0 Å². The average molecular weight is 333 g/mol. The predicted octanol–water partition coefficient (Wildman–Crippen LogP) is 1.88. The lowest BCUT2D eigenvalue weighted by Crippen LogP contribution is -2.42. The van der Waals surface area contributed by atoms with Crippen molar-refractivity contribution in [2.75, 3.05) is 38.7 Å². The predicted molar refractivity (Wildman–Crippen MR) is 94.2 cm³/mol. The quantitative estimate of drug-likeness (QED) is 0.748. The third-order valence-electron chi connectivity index (χ3n) is 4.25. The van der Waals surface area contributed by atoms with Gasteiger partial charge in [-0.1, -0.05) is 0 Å². The van der Waals surface area contributed by atoms with Crippen LogP contribution in [0, 0.1) is 0 Å². The first-order valence-electron chi connectivity index (χ1n) is 8.52. The Kier molecular flexibility index (Phi) is 7.21. The summed E-state index contributed by atoms with van der Waals surface area (Å²) in [4.78, 5) is 26.3. The number of hydrogen-bond acceptors (Lipinski definition) is 4. The molecule has 2 N–H and O–H groups in total. The molecular formula is C18H27N3O3. The molecule has 132 valence electrons. The molecule has 1 heterocycles. The molecule has 0 saturated carbocycles. The summed E-state index contributed by atoms with van der Waals surface area (Å²) >= 11 is 0. The van der Waals surface area contributed by atoms with Gasteiger partial charge in [0.25, 0.3) is 5.91 Å². The zero-order valence-electron chi connectivity index (χ0n) is 14.5. The number of likely N-dealkylation sites (tertiary alicyclic amines) is 1. The number of nitrogens with one attached hydrogen (secondary N) is 2. The molecular weight excluding hydrogens is 306 g/mol. The lowest BCUT2D eigenvalue weighted by Gasteiger charge is -2.33. The van der Waals surface area contributed by atoms with E-state index in [2.05, 4.69) is 17.6 Å². The van der Waals surface area contributed by atoms with E-state index in [0.29, 0.717) is 30.4 Å². The van der Waals surface area contributed by atoms with Crippen molar-refractivity contribution in [3.8, 4) is 0 Å². The molecule has 2 rings (SSSR count). The van der Waals surface area contributed by atoms with E-state index in [4.69, 9.17) is 4.74 Å². The van der Waals surface area contributed by atoms with Gasteiger partial charge < -0.3 is 20.3 Å². The number of nitrogens with zero attached hydrogens (tertiary/aromatic N) is 1. The molecule has 1 saturated heterocycles. The van der Waals surface area contributed by atoms with E-state index >= 15 is 0 Å². The van der Waals surface area contributed by atoms with Gasteiger partial charge >= 0.3 is 0 Å². The average Bonchev–Trinajstić information content (AvgIpc) is 2.59. The fourth-order valence-electron chi connectivity index (χ4n) is 2.84. The number of methoxy groups -OCH3 is 1. The Morgan fingerprint density at radius 2 is 2.00 bits per heavy atom. The maximum atomic E-state index is 12.6. The molecule has 0 spiro atoms. The number of piperidine rings is 1. The number of rotatable bonds is 7. The van der Waals surface area contributed by atoms with E-state index in [1.807, 2.05) is 4.90 Å². The minimum atomic E-state index is -0.116. The number of carbonyl (C=O) groups is 2. The van der Waals surface area contributed by atoms with Gasteiger partial charge in [-0.15, -0.1) is 0 Å². The van der Waals surface area contributed by atoms with Gasteiger partial charge in [0, 0.05) is 37.5 Å². The highest BCUT2D eigenvalue weighted by Crippen LogP contribution is 2.20. The number of ether oxygens (including phenoxy) is 1. The molecule has 0 radical (unpaired) electrons. The first-order chi connectivity index (χ1) is 11.6. The molecule has 1 aliphatic rings. The topological polar surface area (TPSA) is 70.7 Å². The van der Waals surface area contributed by atoms with Crippen molar-refractivity contribution in [3.05, 3.63) is 29.8 Å². The van der Waals surface area contributed by atoms with Gasteiger partial charge in [0.2, 0.25) is 5.91 Å². The van der Waals surface area contributed by atoms with Crippen LogP contribution in [0.5, 0.6) is 0 Å². The third kappa shape index (κ3) is 5.32. The SMILES string of the molecule is COCCNCC(=O)Nc1ccc(C(=O)N2CCCCC2C)cc1. The van der Waals surface area contributed by atoms with Gasteiger partial charge in [0.05, 0.1) is 13.2 Å². The second kappa shape index (κ2) is 9.39. The fourth-order valence-corrected chi connectivity index (χ4v) is 2.84. The number of carbonyl (C=O) groups excluding carboxylic acids is 2. The maximum absolute atomic E-state index is 12.6.